The summed E-state index contributed by atoms with van der Waals surface area (Å²) in [6.45, 7) is 0. The number of rotatable bonds is 2. The lowest BCUT2D eigenvalue weighted by Crippen LogP contribution is -2.12. The molecule has 1 amide bonds. The average Bonchev–Trinajstić information content (AvgIpc) is 2.33. The van der Waals surface area contributed by atoms with Crippen molar-refractivity contribution in [3.63, 3.8) is 0 Å². The van der Waals surface area contributed by atoms with Crippen LogP contribution in [-0.4, -0.2) is 16.1 Å². The molecule has 0 atom stereocenters. The molecule has 98 valence electrons. The van der Waals surface area contributed by atoms with Crippen LogP contribution in [0.1, 0.15) is 10.4 Å². The van der Waals surface area contributed by atoms with E-state index in [1.165, 1.54) is 24.3 Å². The first-order valence-electron chi connectivity index (χ1n) is 5.26. The number of nitrogens with one attached hydrogen (secondary N) is 1. The molecule has 2 aromatic rings. The number of benzene rings is 2. The Bertz CT molecular complexity index is 646. The van der Waals surface area contributed by atoms with Gasteiger partial charge in [-0.2, -0.15) is 0 Å². The van der Waals surface area contributed by atoms with Crippen molar-refractivity contribution in [2.75, 3.05) is 5.32 Å². The van der Waals surface area contributed by atoms with E-state index in [9.17, 15) is 14.3 Å². The van der Waals surface area contributed by atoms with E-state index in [1.54, 1.807) is 0 Å². The van der Waals surface area contributed by atoms with Gasteiger partial charge in [0, 0.05) is 11.8 Å². The molecule has 0 spiro atoms. The summed E-state index contributed by atoms with van der Waals surface area (Å²) in [5, 5.41) is 21.1. The average molecular weight is 326 g/mol. The third-order valence-corrected chi connectivity index (χ3v) is 3.05. The van der Waals surface area contributed by atoms with Crippen molar-refractivity contribution in [3.8, 4) is 11.5 Å². The maximum absolute atomic E-state index is 13.3. The first-order chi connectivity index (χ1) is 8.97. The zero-order valence-corrected chi connectivity index (χ0v) is 11.1. The van der Waals surface area contributed by atoms with Gasteiger partial charge in [-0.25, -0.2) is 4.39 Å². The predicted molar refractivity (Wildman–Crippen MR) is 71.8 cm³/mol. The SMILES string of the molecule is O=C(Nc1ccc(Br)c(F)c1)c1ccc(O)cc1O. The summed E-state index contributed by atoms with van der Waals surface area (Å²) in [5.74, 6) is -1.61. The highest BCUT2D eigenvalue weighted by atomic mass is 79.9. The van der Waals surface area contributed by atoms with Crippen molar-refractivity contribution in [2.45, 2.75) is 0 Å². The topological polar surface area (TPSA) is 69.6 Å². The molecule has 6 heteroatoms. The van der Waals surface area contributed by atoms with Crippen LogP contribution in [0.25, 0.3) is 0 Å². The lowest BCUT2D eigenvalue weighted by Gasteiger charge is -2.07. The number of hydrogen-bond donors (Lipinski definition) is 3. The number of hydrogen-bond acceptors (Lipinski definition) is 3. The molecule has 0 bridgehead atoms. The largest absolute Gasteiger partial charge is 0.508 e. The molecule has 4 nitrogen and oxygen atoms in total. The Balaban J connectivity index is 2.23. The van der Waals surface area contributed by atoms with Crippen LogP contribution in [0.2, 0.25) is 0 Å². The Morgan fingerprint density at radius 3 is 2.53 bits per heavy atom. The van der Waals surface area contributed by atoms with Gasteiger partial charge in [0.1, 0.15) is 17.3 Å². The molecule has 0 fully saturated rings. The zero-order chi connectivity index (χ0) is 14.0. The molecule has 0 radical (unpaired) electrons. The van der Waals surface area contributed by atoms with Gasteiger partial charge in [-0.1, -0.05) is 0 Å². The summed E-state index contributed by atoms with van der Waals surface area (Å²) in [6, 6.07) is 7.73. The van der Waals surface area contributed by atoms with E-state index in [0.29, 0.717) is 0 Å². The first-order valence-corrected chi connectivity index (χ1v) is 6.05. The van der Waals surface area contributed by atoms with Gasteiger partial charge in [0.2, 0.25) is 0 Å². The van der Waals surface area contributed by atoms with Crippen molar-refractivity contribution >= 4 is 27.5 Å². The number of phenolic OH excluding ortho intramolecular Hbond substituents is 2. The first kappa shape index (κ1) is 13.4. The highest BCUT2D eigenvalue weighted by Gasteiger charge is 2.12. The number of anilines is 1. The standard InChI is InChI=1S/C13H9BrFNO3/c14-10-4-1-7(5-11(10)15)16-13(19)9-3-2-8(17)6-12(9)18/h1-6,17-18H,(H,16,19). The van der Waals surface area contributed by atoms with E-state index in [4.69, 9.17) is 5.11 Å². The van der Waals surface area contributed by atoms with Crippen LogP contribution in [-0.2, 0) is 0 Å². The lowest BCUT2D eigenvalue weighted by atomic mass is 10.1. The molecule has 2 aromatic carbocycles. The fourth-order valence-corrected chi connectivity index (χ4v) is 1.73. The second-order valence-corrected chi connectivity index (χ2v) is 4.64. The Hall–Kier alpha value is -2.08. The van der Waals surface area contributed by atoms with Gasteiger partial charge < -0.3 is 15.5 Å². The fourth-order valence-electron chi connectivity index (χ4n) is 1.48. The van der Waals surface area contributed by atoms with Crippen molar-refractivity contribution in [3.05, 3.63) is 52.3 Å². The Morgan fingerprint density at radius 1 is 1.16 bits per heavy atom. The van der Waals surface area contributed by atoms with Crippen molar-refractivity contribution < 1.29 is 19.4 Å². The molecule has 0 aliphatic carbocycles. The summed E-state index contributed by atoms with van der Waals surface area (Å²) in [5.41, 5.74) is 0.249. The molecule has 0 heterocycles. The van der Waals surface area contributed by atoms with Gasteiger partial charge in [-0.3, -0.25) is 4.79 Å². The molecule has 3 N–H and O–H groups in total. The van der Waals surface area contributed by atoms with Gasteiger partial charge in [0.05, 0.1) is 10.0 Å². The fraction of sp³-hybridized carbons (Fsp3) is 0. The number of halogens is 2. The van der Waals surface area contributed by atoms with Gasteiger partial charge in [0.15, 0.2) is 0 Å². The number of carbonyl (C=O) groups is 1. The van der Waals surface area contributed by atoms with E-state index in [-0.39, 0.29) is 27.2 Å². The van der Waals surface area contributed by atoms with Crippen LogP contribution in [0.15, 0.2) is 40.9 Å². The molecule has 0 aliphatic heterocycles. The lowest BCUT2D eigenvalue weighted by molar-refractivity contribution is 0.102. The Morgan fingerprint density at radius 2 is 1.89 bits per heavy atom. The van der Waals surface area contributed by atoms with Gasteiger partial charge in [-0.15, -0.1) is 0 Å². The molecule has 0 aromatic heterocycles. The van der Waals surface area contributed by atoms with E-state index < -0.39 is 11.7 Å². The van der Waals surface area contributed by atoms with Crippen LogP contribution in [0.4, 0.5) is 10.1 Å². The molecule has 0 saturated heterocycles. The minimum absolute atomic E-state index is 0.0128. The summed E-state index contributed by atoms with van der Waals surface area (Å²) in [6.07, 6.45) is 0. The second kappa shape index (κ2) is 5.27. The summed E-state index contributed by atoms with van der Waals surface area (Å²) in [4.78, 5) is 11.9. The van der Waals surface area contributed by atoms with Crippen LogP contribution in [0.5, 0.6) is 11.5 Å². The highest BCUT2D eigenvalue weighted by molar-refractivity contribution is 9.10. The van der Waals surface area contributed by atoms with Crippen LogP contribution < -0.4 is 5.32 Å². The number of amides is 1. The van der Waals surface area contributed by atoms with E-state index in [1.807, 2.05) is 0 Å². The van der Waals surface area contributed by atoms with E-state index in [0.717, 1.165) is 12.1 Å². The molecule has 0 unspecified atom stereocenters. The van der Waals surface area contributed by atoms with Crippen molar-refractivity contribution in [1.29, 1.82) is 0 Å². The van der Waals surface area contributed by atoms with Crippen LogP contribution >= 0.6 is 15.9 Å². The normalized spacial score (nSPS) is 10.2. The maximum Gasteiger partial charge on any atom is 0.259 e. The monoisotopic (exact) mass is 325 g/mol. The predicted octanol–water partition coefficient (Wildman–Crippen LogP) is 3.25. The van der Waals surface area contributed by atoms with Crippen LogP contribution in [0.3, 0.4) is 0 Å². The number of phenols is 2. The van der Waals surface area contributed by atoms with Gasteiger partial charge >= 0.3 is 0 Å². The van der Waals surface area contributed by atoms with E-state index in [2.05, 4.69) is 21.2 Å². The summed E-state index contributed by atoms with van der Waals surface area (Å²) >= 11 is 3.00. The quantitative estimate of drug-likeness (QED) is 0.793. The maximum atomic E-state index is 13.3. The zero-order valence-electron chi connectivity index (χ0n) is 9.52. The Labute approximate surface area is 116 Å². The number of aromatic hydroxyl groups is 2. The molecule has 0 aliphatic rings. The minimum Gasteiger partial charge on any atom is -0.508 e. The summed E-state index contributed by atoms with van der Waals surface area (Å²) < 4.78 is 13.6. The van der Waals surface area contributed by atoms with Gasteiger partial charge in [-0.05, 0) is 46.3 Å². The van der Waals surface area contributed by atoms with Crippen LogP contribution in [0, 0.1) is 5.82 Å². The van der Waals surface area contributed by atoms with Crippen molar-refractivity contribution in [2.24, 2.45) is 0 Å². The van der Waals surface area contributed by atoms with Crippen molar-refractivity contribution in [1.82, 2.24) is 0 Å². The summed E-state index contributed by atoms with van der Waals surface area (Å²) in [7, 11) is 0. The third kappa shape index (κ3) is 3.03. The molecule has 19 heavy (non-hydrogen) atoms. The third-order valence-electron chi connectivity index (χ3n) is 2.40. The molecular formula is C13H9BrFNO3. The van der Waals surface area contributed by atoms with Gasteiger partial charge in [0.25, 0.3) is 5.91 Å². The smallest absolute Gasteiger partial charge is 0.259 e. The molecule has 0 saturated carbocycles. The number of carbonyl (C=O) groups excluding carboxylic acids is 1. The molecule has 2 rings (SSSR count). The Kier molecular flexibility index (Phi) is 3.71. The van der Waals surface area contributed by atoms with E-state index >= 15 is 0 Å². The highest BCUT2D eigenvalue weighted by Crippen LogP contribution is 2.24. The minimum atomic E-state index is -0.598. The molecular weight excluding hydrogens is 317 g/mol. The second-order valence-electron chi connectivity index (χ2n) is 3.78.